The van der Waals surface area contributed by atoms with E-state index in [1.165, 1.54) is 24.7 Å². The first-order valence-corrected chi connectivity index (χ1v) is 10.4. The second kappa shape index (κ2) is 9.84. The highest BCUT2D eigenvalue weighted by Gasteiger charge is 2.18. The molecule has 170 valence electrons. The Morgan fingerprint density at radius 2 is 1.79 bits per heavy atom. The van der Waals surface area contributed by atoms with Crippen LogP contribution in [0.15, 0.2) is 73.2 Å². The maximum absolute atomic E-state index is 12.9. The number of hydrogen-bond donors (Lipinski definition) is 3. The largest absolute Gasteiger partial charge is 0.382 e. The summed E-state index contributed by atoms with van der Waals surface area (Å²) in [7, 11) is 0. The molecule has 4 rings (SSSR count). The predicted molar refractivity (Wildman–Crippen MR) is 129 cm³/mol. The van der Waals surface area contributed by atoms with E-state index in [-0.39, 0.29) is 17.2 Å². The number of nitrogens with two attached hydrogens (primary N) is 2. The summed E-state index contributed by atoms with van der Waals surface area (Å²) in [6, 6.07) is 15.5. The van der Waals surface area contributed by atoms with Gasteiger partial charge in [0.05, 0.1) is 34.3 Å². The Morgan fingerprint density at radius 1 is 1.03 bits per heavy atom. The number of rotatable bonds is 7. The van der Waals surface area contributed by atoms with Crippen LogP contribution in [0.4, 0.5) is 17.2 Å². The van der Waals surface area contributed by atoms with Crippen molar-refractivity contribution in [3.63, 3.8) is 0 Å². The molecule has 5 N–H and O–H groups in total. The Kier molecular flexibility index (Phi) is 6.51. The fraction of sp³-hybridized carbons (Fsp3) is 0.0833. The molecule has 0 aliphatic rings. The van der Waals surface area contributed by atoms with Gasteiger partial charge in [0.2, 0.25) is 0 Å². The predicted octanol–water partition coefficient (Wildman–Crippen LogP) is 3.45. The lowest BCUT2D eigenvalue weighted by atomic mass is 10.1. The third-order valence-electron chi connectivity index (χ3n) is 5.11. The quantitative estimate of drug-likeness (QED) is 0.282. The first-order valence-electron chi connectivity index (χ1n) is 10.4. The zero-order valence-electron chi connectivity index (χ0n) is 18.0. The van der Waals surface area contributed by atoms with Crippen molar-refractivity contribution in [2.45, 2.75) is 6.42 Å². The zero-order chi connectivity index (χ0) is 24.1. The summed E-state index contributed by atoms with van der Waals surface area (Å²) in [6.45, 7) is 0.555. The van der Waals surface area contributed by atoms with Crippen molar-refractivity contribution in [3.05, 3.63) is 94.6 Å². The molecule has 1 amide bonds. The SMILES string of the molecule is NCCc1ccc(-c2cnc(N)c(C(=O)Nc3cncc(-c4ccccc4[N+](=O)[O-])c3)n2)cc1. The van der Waals surface area contributed by atoms with Gasteiger partial charge < -0.3 is 16.8 Å². The van der Waals surface area contributed by atoms with Crippen molar-refractivity contribution in [2.75, 3.05) is 17.6 Å². The number of anilines is 2. The summed E-state index contributed by atoms with van der Waals surface area (Å²) >= 11 is 0. The van der Waals surface area contributed by atoms with Crippen LogP contribution in [0.1, 0.15) is 16.1 Å². The molecule has 0 radical (unpaired) electrons. The standard InChI is InChI=1S/C24H21N7O3/c25-10-9-15-5-7-16(8-6-15)20-14-28-23(26)22(30-20)24(32)29-18-11-17(12-27-13-18)19-3-1-2-4-21(19)31(33)34/h1-8,11-14H,9-10,25H2,(H2,26,28)(H,29,32). The van der Waals surface area contributed by atoms with Gasteiger partial charge in [-0.1, -0.05) is 36.4 Å². The molecule has 2 aromatic heterocycles. The van der Waals surface area contributed by atoms with Crippen molar-refractivity contribution in [1.29, 1.82) is 0 Å². The first kappa shape index (κ1) is 22.5. The number of carbonyl (C=O) groups is 1. The molecule has 10 nitrogen and oxygen atoms in total. The van der Waals surface area contributed by atoms with Crippen molar-refractivity contribution < 1.29 is 9.72 Å². The fourth-order valence-electron chi connectivity index (χ4n) is 3.44. The molecule has 0 saturated carbocycles. The summed E-state index contributed by atoms with van der Waals surface area (Å²) in [5.74, 6) is -0.600. The lowest BCUT2D eigenvalue weighted by Crippen LogP contribution is -2.17. The highest BCUT2D eigenvalue weighted by atomic mass is 16.6. The first-order chi connectivity index (χ1) is 16.5. The van der Waals surface area contributed by atoms with Crippen molar-refractivity contribution >= 4 is 23.1 Å². The molecule has 0 spiro atoms. The van der Waals surface area contributed by atoms with Gasteiger partial charge in [-0.3, -0.25) is 19.9 Å². The van der Waals surface area contributed by atoms with Crippen LogP contribution in [0.5, 0.6) is 0 Å². The average molecular weight is 455 g/mol. The van der Waals surface area contributed by atoms with E-state index in [0.717, 1.165) is 17.5 Å². The molecule has 0 unspecified atom stereocenters. The van der Waals surface area contributed by atoms with Crippen molar-refractivity contribution in [1.82, 2.24) is 15.0 Å². The topological polar surface area (TPSA) is 163 Å². The number of benzene rings is 2. The Morgan fingerprint density at radius 3 is 2.53 bits per heavy atom. The molecular formula is C24H21N7O3. The van der Waals surface area contributed by atoms with E-state index in [9.17, 15) is 14.9 Å². The number of aromatic nitrogens is 3. The normalized spacial score (nSPS) is 10.6. The van der Waals surface area contributed by atoms with Crippen LogP contribution in [-0.2, 0) is 6.42 Å². The second-order valence-electron chi connectivity index (χ2n) is 7.42. The molecule has 4 aromatic rings. The summed E-state index contributed by atoms with van der Waals surface area (Å²) in [6.07, 6.45) is 5.18. The van der Waals surface area contributed by atoms with Gasteiger partial charge in [-0.2, -0.15) is 0 Å². The van der Waals surface area contributed by atoms with Crippen molar-refractivity contribution in [3.8, 4) is 22.4 Å². The number of nitrogens with one attached hydrogen (secondary N) is 1. The highest BCUT2D eigenvalue weighted by molar-refractivity contribution is 6.06. The number of nitrogen functional groups attached to an aromatic ring is 1. The Balaban J connectivity index is 1.60. The average Bonchev–Trinajstić information content (AvgIpc) is 2.85. The van der Waals surface area contributed by atoms with Gasteiger partial charge in [-0.25, -0.2) is 9.97 Å². The number of nitro benzene ring substituents is 1. The van der Waals surface area contributed by atoms with Crippen molar-refractivity contribution in [2.24, 2.45) is 5.73 Å². The Hall–Kier alpha value is -4.70. The van der Waals surface area contributed by atoms with Crippen LogP contribution in [0.3, 0.4) is 0 Å². The molecule has 0 bridgehead atoms. The van der Waals surface area contributed by atoms with Gasteiger partial charge in [0.15, 0.2) is 11.5 Å². The fourth-order valence-corrected chi connectivity index (χ4v) is 3.44. The van der Waals surface area contributed by atoms with E-state index < -0.39 is 10.8 Å². The van der Waals surface area contributed by atoms with Crippen LogP contribution in [0.2, 0.25) is 0 Å². The van der Waals surface area contributed by atoms with E-state index in [1.807, 2.05) is 24.3 Å². The smallest absolute Gasteiger partial charge is 0.278 e. The number of nitro groups is 1. The lowest BCUT2D eigenvalue weighted by molar-refractivity contribution is -0.384. The molecule has 2 heterocycles. The molecule has 10 heteroatoms. The van der Waals surface area contributed by atoms with E-state index in [1.54, 1.807) is 24.3 Å². The molecule has 0 atom stereocenters. The Bertz CT molecular complexity index is 1360. The highest BCUT2D eigenvalue weighted by Crippen LogP contribution is 2.30. The molecule has 0 aliphatic heterocycles. The number of carbonyl (C=O) groups excluding carboxylic acids is 1. The van der Waals surface area contributed by atoms with Gasteiger partial charge in [0.25, 0.3) is 11.6 Å². The number of hydrogen-bond acceptors (Lipinski definition) is 8. The number of para-hydroxylation sites is 1. The minimum absolute atomic E-state index is 0.0242. The van der Waals surface area contributed by atoms with Gasteiger partial charge in [-0.15, -0.1) is 0 Å². The third kappa shape index (κ3) is 4.87. The molecule has 2 aromatic carbocycles. The van der Waals surface area contributed by atoms with Crippen LogP contribution in [0, 0.1) is 10.1 Å². The molecular weight excluding hydrogens is 434 g/mol. The van der Waals surface area contributed by atoms with Crippen LogP contribution in [-0.4, -0.2) is 32.3 Å². The van der Waals surface area contributed by atoms with Gasteiger partial charge in [-0.05, 0) is 30.7 Å². The number of pyridine rings is 1. The zero-order valence-corrected chi connectivity index (χ0v) is 18.0. The van der Waals surface area contributed by atoms with E-state index in [0.29, 0.717) is 29.1 Å². The monoisotopic (exact) mass is 455 g/mol. The third-order valence-corrected chi connectivity index (χ3v) is 5.11. The minimum Gasteiger partial charge on any atom is -0.382 e. The lowest BCUT2D eigenvalue weighted by Gasteiger charge is -2.10. The van der Waals surface area contributed by atoms with Crippen LogP contribution < -0.4 is 16.8 Å². The number of nitrogens with zero attached hydrogens (tertiary/aromatic N) is 4. The van der Waals surface area contributed by atoms with Gasteiger partial charge >= 0.3 is 0 Å². The van der Waals surface area contributed by atoms with Crippen LogP contribution >= 0.6 is 0 Å². The molecule has 0 aliphatic carbocycles. The minimum atomic E-state index is -0.576. The molecule has 0 saturated heterocycles. The maximum Gasteiger partial charge on any atom is 0.278 e. The van der Waals surface area contributed by atoms with Crippen LogP contribution in [0.25, 0.3) is 22.4 Å². The second-order valence-corrected chi connectivity index (χ2v) is 7.42. The summed E-state index contributed by atoms with van der Waals surface area (Å²) in [5, 5.41) is 14.1. The van der Waals surface area contributed by atoms with Gasteiger partial charge in [0, 0.05) is 23.4 Å². The van der Waals surface area contributed by atoms with E-state index in [2.05, 4.69) is 20.3 Å². The van der Waals surface area contributed by atoms with E-state index in [4.69, 9.17) is 11.5 Å². The maximum atomic E-state index is 12.9. The molecule has 0 fully saturated rings. The summed E-state index contributed by atoms with van der Waals surface area (Å²) < 4.78 is 0. The van der Waals surface area contributed by atoms with Gasteiger partial charge in [0.1, 0.15) is 0 Å². The summed E-state index contributed by atoms with van der Waals surface area (Å²) in [5.41, 5.74) is 15.0. The molecule has 34 heavy (non-hydrogen) atoms. The Labute approximate surface area is 194 Å². The summed E-state index contributed by atoms with van der Waals surface area (Å²) in [4.78, 5) is 36.5. The van der Waals surface area contributed by atoms with E-state index >= 15 is 0 Å². The number of amides is 1.